The summed E-state index contributed by atoms with van der Waals surface area (Å²) in [7, 11) is 0. The van der Waals surface area contributed by atoms with Crippen LogP contribution in [0.4, 0.5) is 17.1 Å². The van der Waals surface area contributed by atoms with Gasteiger partial charge in [0.2, 0.25) is 5.91 Å². The molecule has 0 aliphatic heterocycles. The largest absolute Gasteiger partial charge is 0.399 e. The predicted molar refractivity (Wildman–Crippen MR) is 78.8 cm³/mol. The van der Waals surface area contributed by atoms with E-state index in [9.17, 15) is 4.79 Å². The van der Waals surface area contributed by atoms with Crippen molar-refractivity contribution in [1.82, 2.24) is 0 Å². The third-order valence-corrected chi connectivity index (χ3v) is 2.82. The molecule has 0 spiro atoms. The van der Waals surface area contributed by atoms with Crippen LogP contribution in [0.1, 0.15) is 11.1 Å². The van der Waals surface area contributed by atoms with Crippen LogP contribution in [0.25, 0.3) is 0 Å². The lowest BCUT2D eigenvalue weighted by molar-refractivity contribution is -0.115. The van der Waals surface area contributed by atoms with Crippen LogP contribution in [0.3, 0.4) is 0 Å². The Hall–Kier alpha value is -2.49. The molecule has 0 saturated carbocycles. The molecule has 2 rings (SSSR count). The Balaban J connectivity index is 2.05. The first-order valence-electron chi connectivity index (χ1n) is 6.05. The third-order valence-electron chi connectivity index (χ3n) is 2.82. The van der Waals surface area contributed by atoms with Gasteiger partial charge in [0.25, 0.3) is 0 Å². The number of nitrogen functional groups attached to an aromatic ring is 2. The number of nitrogens with two attached hydrogens (primary N) is 2. The number of hydrogen-bond acceptors (Lipinski definition) is 3. The van der Waals surface area contributed by atoms with Crippen LogP contribution in [-0.4, -0.2) is 5.91 Å². The second kappa shape index (κ2) is 5.44. The number of carbonyl (C=O) groups is 1. The summed E-state index contributed by atoms with van der Waals surface area (Å²) in [5.74, 6) is -0.0953. The lowest BCUT2D eigenvalue weighted by Gasteiger charge is -2.08. The average molecular weight is 255 g/mol. The maximum absolute atomic E-state index is 11.9. The predicted octanol–water partition coefficient (Wildman–Crippen LogP) is 2.34. The molecule has 4 nitrogen and oxygen atoms in total. The molecule has 0 aliphatic carbocycles. The van der Waals surface area contributed by atoms with E-state index in [1.807, 2.05) is 31.2 Å². The number of rotatable bonds is 3. The number of anilines is 3. The summed E-state index contributed by atoms with van der Waals surface area (Å²) in [6, 6.07) is 12.8. The molecule has 0 heterocycles. The third kappa shape index (κ3) is 3.48. The summed E-state index contributed by atoms with van der Waals surface area (Å²) in [6.07, 6.45) is 0.236. The second-order valence-corrected chi connectivity index (χ2v) is 4.55. The van der Waals surface area contributed by atoms with Crippen LogP contribution < -0.4 is 16.8 Å². The van der Waals surface area contributed by atoms with Crippen LogP contribution in [0.5, 0.6) is 0 Å². The van der Waals surface area contributed by atoms with Crippen molar-refractivity contribution < 1.29 is 4.79 Å². The van der Waals surface area contributed by atoms with E-state index in [0.29, 0.717) is 11.4 Å². The highest BCUT2D eigenvalue weighted by atomic mass is 16.1. The molecule has 5 N–H and O–H groups in total. The molecular weight excluding hydrogens is 238 g/mol. The van der Waals surface area contributed by atoms with Gasteiger partial charge in [-0.05, 0) is 42.3 Å². The van der Waals surface area contributed by atoms with Crippen LogP contribution in [0.15, 0.2) is 42.5 Å². The first-order valence-corrected chi connectivity index (χ1v) is 6.05. The van der Waals surface area contributed by atoms with Gasteiger partial charge in [-0.3, -0.25) is 4.79 Å². The highest BCUT2D eigenvalue weighted by molar-refractivity contribution is 5.93. The maximum Gasteiger partial charge on any atom is 0.228 e. The van der Waals surface area contributed by atoms with E-state index in [2.05, 4.69) is 5.32 Å². The van der Waals surface area contributed by atoms with Crippen molar-refractivity contribution in [1.29, 1.82) is 0 Å². The molecule has 4 heteroatoms. The van der Waals surface area contributed by atoms with E-state index < -0.39 is 0 Å². The van der Waals surface area contributed by atoms with E-state index in [1.165, 1.54) is 0 Å². The number of aryl methyl sites for hydroxylation is 1. The lowest BCUT2D eigenvalue weighted by Crippen LogP contribution is -2.15. The zero-order chi connectivity index (χ0) is 13.8. The molecule has 98 valence electrons. The quantitative estimate of drug-likeness (QED) is 0.736. The van der Waals surface area contributed by atoms with Crippen molar-refractivity contribution in [3.63, 3.8) is 0 Å². The molecule has 1 amide bonds. The van der Waals surface area contributed by atoms with Crippen molar-refractivity contribution in [2.75, 3.05) is 16.8 Å². The molecule has 2 aromatic carbocycles. The fourth-order valence-corrected chi connectivity index (χ4v) is 1.88. The standard InChI is InChI=1S/C15H17N3O/c1-10-3-2-4-13(7-10)18-15(19)8-11-5-6-12(16)9-14(11)17/h2-7,9H,8,16-17H2,1H3,(H,18,19). The van der Waals surface area contributed by atoms with Crippen LogP contribution in [-0.2, 0) is 11.2 Å². The van der Waals surface area contributed by atoms with Crippen molar-refractivity contribution in [2.24, 2.45) is 0 Å². The summed E-state index contributed by atoms with van der Waals surface area (Å²) in [5.41, 5.74) is 15.3. The normalized spacial score (nSPS) is 10.2. The van der Waals surface area contributed by atoms with Gasteiger partial charge in [-0.1, -0.05) is 18.2 Å². The van der Waals surface area contributed by atoms with Gasteiger partial charge in [-0.2, -0.15) is 0 Å². The molecule has 0 aliphatic rings. The molecule has 0 fully saturated rings. The number of amides is 1. The first-order chi connectivity index (χ1) is 9.04. The maximum atomic E-state index is 11.9. The van der Waals surface area contributed by atoms with E-state index in [4.69, 9.17) is 11.5 Å². The van der Waals surface area contributed by atoms with Gasteiger partial charge in [-0.25, -0.2) is 0 Å². The number of carbonyl (C=O) groups excluding carboxylic acids is 1. The summed E-state index contributed by atoms with van der Waals surface area (Å²) in [4.78, 5) is 11.9. The van der Waals surface area contributed by atoms with Gasteiger partial charge in [0, 0.05) is 17.1 Å². The number of benzene rings is 2. The van der Waals surface area contributed by atoms with Crippen molar-refractivity contribution in [2.45, 2.75) is 13.3 Å². The van der Waals surface area contributed by atoms with E-state index in [-0.39, 0.29) is 12.3 Å². The van der Waals surface area contributed by atoms with Gasteiger partial charge >= 0.3 is 0 Å². The minimum atomic E-state index is -0.0953. The smallest absolute Gasteiger partial charge is 0.228 e. The minimum absolute atomic E-state index is 0.0953. The van der Waals surface area contributed by atoms with Crippen LogP contribution in [0.2, 0.25) is 0 Å². The second-order valence-electron chi connectivity index (χ2n) is 4.55. The summed E-state index contributed by atoms with van der Waals surface area (Å²) >= 11 is 0. The molecule has 0 aromatic heterocycles. The Morgan fingerprint density at radius 2 is 1.95 bits per heavy atom. The summed E-state index contributed by atoms with van der Waals surface area (Å²) < 4.78 is 0. The van der Waals surface area contributed by atoms with Crippen LogP contribution >= 0.6 is 0 Å². The van der Waals surface area contributed by atoms with Gasteiger partial charge in [0.1, 0.15) is 0 Å². The SMILES string of the molecule is Cc1cccc(NC(=O)Cc2ccc(N)cc2N)c1. The van der Waals surface area contributed by atoms with Gasteiger partial charge in [0.05, 0.1) is 6.42 Å². The Morgan fingerprint density at radius 1 is 1.16 bits per heavy atom. The fraction of sp³-hybridized carbons (Fsp3) is 0.133. The number of nitrogens with one attached hydrogen (secondary N) is 1. The molecule has 19 heavy (non-hydrogen) atoms. The van der Waals surface area contributed by atoms with E-state index in [1.54, 1.807) is 18.2 Å². The Kier molecular flexibility index (Phi) is 3.71. The lowest BCUT2D eigenvalue weighted by atomic mass is 10.1. The first kappa shape index (κ1) is 13.0. The highest BCUT2D eigenvalue weighted by Crippen LogP contribution is 2.17. The van der Waals surface area contributed by atoms with Gasteiger partial charge in [-0.15, -0.1) is 0 Å². The van der Waals surface area contributed by atoms with Crippen molar-refractivity contribution >= 4 is 23.0 Å². The van der Waals surface area contributed by atoms with E-state index in [0.717, 1.165) is 16.8 Å². The zero-order valence-electron chi connectivity index (χ0n) is 10.8. The van der Waals surface area contributed by atoms with Crippen molar-refractivity contribution in [3.8, 4) is 0 Å². The van der Waals surface area contributed by atoms with Gasteiger partial charge < -0.3 is 16.8 Å². The average Bonchev–Trinajstić information content (AvgIpc) is 2.33. The summed E-state index contributed by atoms with van der Waals surface area (Å²) in [6.45, 7) is 1.98. The van der Waals surface area contributed by atoms with Crippen LogP contribution in [0, 0.1) is 6.92 Å². The van der Waals surface area contributed by atoms with Gasteiger partial charge in [0.15, 0.2) is 0 Å². The zero-order valence-corrected chi connectivity index (χ0v) is 10.8. The highest BCUT2D eigenvalue weighted by Gasteiger charge is 2.07. The Bertz CT molecular complexity index is 608. The Morgan fingerprint density at radius 3 is 2.63 bits per heavy atom. The molecular formula is C15H17N3O. The van der Waals surface area contributed by atoms with E-state index >= 15 is 0 Å². The molecule has 0 saturated heterocycles. The molecule has 0 atom stereocenters. The Labute approximate surface area is 112 Å². The fourth-order valence-electron chi connectivity index (χ4n) is 1.88. The monoisotopic (exact) mass is 255 g/mol. The number of hydrogen-bond donors (Lipinski definition) is 3. The van der Waals surface area contributed by atoms with Crippen molar-refractivity contribution in [3.05, 3.63) is 53.6 Å². The molecule has 0 unspecified atom stereocenters. The molecule has 0 radical (unpaired) electrons. The molecule has 2 aromatic rings. The topological polar surface area (TPSA) is 81.1 Å². The minimum Gasteiger partial charge on any atom is -0.399 e. The molecule has 0 bridgehead atoms. The summed E-state index contributed by atoms with van der Waals surface area (Å²) in [5, 5.41) is 2.85.